The zero-order chi connectivity index (χ0) is 21.3. The topological polar surface area (TPSA) is 98.9 Å². The summed E-state index contributed by atoms with van der Waals surface area (Å²) in [4.78, 5) is 21.2. The molecule has 0 radical (unpaired) electrons. The molecule has 0 saturated heterocycles. The lowest BCUT2D eigenvalue weighted by Gasteiger charge is -2.19. The second kappa shape index (κ2) is 7.51. The maximum absolute atomic E-state index is 12.3. The van der Waals surface area contributed by atoms with Crippen LogP contribution in [0, 0.1) is 0 Å². The molecule has 0 aliphatic carbocycles. The molecule has 0 bridgehead atoms. The second-order valence-corrected chi connectivity index (χ2v) is 7.82. The van der Waals surface area contributed by atoms with E-state index in [1.165, 1.54) is 0 Å². The predicted octanol–water partition coefficient (Wildman–Crippen LogP) is 4.24. The summed E-state index contributed by atoms with van der Waals surface area (Å²) in [7, 11) is 1.84. The maximum atomic E-state index is 12.3. The van der Waals surface area contributed by atoms with E-state index >= 15 is 0 Å². The molecule has 1 amide bonds. The number of benzene rings is 1. The molecule has 0 unspecified atom stereocenters. The number of fused-ring (bicyclic) bond motifs is 1. The third kappa shape index (κ3) is 4.24. The first-order valence-corrected chi connectivity index (χ1v) is 9.48. The molecule has 0 atom stereocenters. The summed E-state index contributed by atoms with van der Waals surface area (Å²) in [5.74, 6) is 1.10. The van der Waals surface area contributed by atoms with Crippen LogP contribution in [0.5, 0.6) is 0 Å². The Hall–Kier alpha value is -3.88. The van der Waals surface area contributed by atoms with Crippen LogP contribution in [0.4, 0.5) is 22.1 Å². The van der Waals surface area contributed by atoms with Crippen molar-refractivity contribution < 1.29 is 9.53 Å². The van der Waals surface area contributed by atoms with Gasteiger partial charge in [0.2, 0.25) is 5.95 Å². The molecule has 3 heterocycles. The number of para-hydroxylation sites is 1. The van der Waals surface area contributed by atoms with Crippen LogP contribution in [0.15, 0.2) is 55.1 Å². The highest BCUT2D eigenvalue weighted by molar-refractivity contribution is 6.00. The van der Waals surface area contributed by atoms with Crippen LogP contribution in [0.3, 0.4) is 0 Å². The van der Waals surface area contributed by atoms with E-state index in [4.69, 9.17) is 4.74 Å². The summed E-state index contributed by atoms with van der Waals surface area (Å²) in [6.45, 7) is 5.48. The lowest BCUT2D eigenvalue weighted by Crippen LogP contribution is -2.27. The minimum atomic E-state index is -0.581. The summed E-state index contributed by atoms with van der Waals surface area (Å²) >= 11 is 0. The first kappa shape index (κ1) is 19.4. The number of hydrogen-bond acceptors (Lipinski definition) is 6. The van der Waals surface area contributed by atoms with Gasteiger partial charge in [0, 0.05) is 31.0 Å². The monoisotopic (exact) mass is 405 g/mol. The molecular formula is C21H23N7O2. The lowest BCUT2D eigenvalue weighted by molar-refractivity contribution is 0.0636. The molecular weight excluding hydrogens is 382 g/mol. The summed E-state index contributed by atoms with van der Waals surface area (Å²) in [6, 6.07) is 9.56. The molecule has 0 aliphatic heterocycles. The van der Waals surface area contributed by atoms with Gasteiger partial charge in [-0.2, -0.15) is 10.1 Å². The number of aromatic nitrogens is 5. The zero-order valence-electron chi connectivity index (χ0n) is 17.2. The van der Waals surface area contributed by atoms with Crippen molar-refractivity contribution >= 4 is 34.3 Å². The highest BCUT2D eigenvalue weighted by Gasteiger charge is 2.19. The van der Waals surface area contributed by atoms with E-state index in [-0.39, 0.29) is 0 Å². The third-order valence-corrected chi connectivity index (χ3v) is 4.20. The number of anilines is 3. The van der Waals surface area contributed by atoms with Crippen LogP contribution >= 0.6 is 0 Å². The smallest absolute Gasteiger partial charge is 0.412 e. The van der Waals surface area contributed by atoms with Crippen molar-refractivity contribution in [2.24, 2.45) is 7.05 Å². The minimum absolute atomic E-state index is 0.444. The normalized spacial score (nSPS) is 11.5. The van der Waals surface area contributed by atoms with E-state index in [1.807, 2.05) is 69.0 Å². The standard InChI is InChI=1S/C21H23N7O2/c1-21(2,3)30-20(29)25-16-13-28(17-8-6-5-7-15(16)17)18-9-10-22-19(26-18)24-14-11-23-27(4)12-14/h5-13H,1-4H3,(H,25,29)(H,22,24,26). The van der Waals surface area contributed by atoms with E-state index in [1.54, 1.807) is 23.1 Å². The largest absolute Gasteiger partial charge is 0.444 e. The average molecular weight is 405 g/mol. The Morgan fingerprint density at radius 1 is 1.13 bits per heavy atom. The van der Waals surface area contributed by atoms with Crippen molar-refractivity contribution in [1.29, 1.82) is 0 Å². The van der Waals surface area contributed by atoms with Crippen LogP contribution < -0.4 is 10.6 Å². The summed E-state index contributed by atoms with van der Waals surface area (Å²) in [6.07, 6.45) is 6.53. The van der Waals surface area contributed by atoms with Crippen LogP contribution in [0.1, 0.15) is 20.8 Å². The SMILES string of the molecule is Cn1cc(Nc2nccc(-n3cc(NC(=O)OC(C)(C)C)c4ccccc43)n2)cn1. The van der Waals surface area contributed by atoms with Gasteiger partial charge >= 0.3 is 6.09 Å². The minimum Gasteiger partial charge on any atom is -0.444 e. The number of nitrogens with one attached hydrogen (secondary N) is 2. The van der Waals surface area contributed by atoms with Gasteiger partial charge in [0.1, 0.15) is 11.4 Å². The van der Waals surface area contributed by atoms with Gasteiger partial charge in [0.05, 0.1) is 23.1 Å². The van der Waals surface area contributed by atoms with E-state index in [2.05, 4.69) is 25.7 Å². The summed E-state index contributed by atoms with van der Waals surface area (Å²) in [5.41, 5.74) is 1.75. The Kier molecular flexibility index (Phi) is 4.86. The second-order valence-electron chi connectivity index (χ2n) is 7.82. The Balaban J connectivity index is 1.68. The van der Waals surface area contributed by atoms with Crippen LogP contribution in [0.25, 0.3) is 16.7 Å². The molecule has 0 saturated carbocycles. The Labute approximate surface area is 173 Å². The molecule has 30 heavy (non-hydrogen) atoms. The number of carbonyl (C=O) groups excluding carboxylic acids is 1. The molecule has 0 spiro atoms. The fraction of sp³-hybridized carbons (Fsp3) is 0.238. The van der Waals surface area contributed by atoms with E-state index in [0.29, 0.717) is 17.5 Å². The van der Waals surface area contributed by atoms with Crippen molar-refractivity contribution in [3.63, 3.8) is 0 Å². The number of nitrogens with zero attached hydrogens (tertiary/aromatic N) is 5. The Morgan fingerprint density at radius 3 is 2.67 bits per heavy atom. The number of rotatable bonds is 4. The maximum Gasteiger partial charge on any atom is 0.412 e. The molecule has 9 nitrogen and oxygen atoms in total. The van der Waals surface area contributed by atoms with Crippen LogP contribution in [0.2, 0.25) is 0 Å². The van der Waals surface area contributed by atoms with Crippen molar-refractivity contribution in [2.45, 2.75) is 26.4 Å². The summed E-state index contributed by atoms with van der Waals surface area (Å²) < 4.78 is 8.99. The quantitative estimate of drug-likeness (QED) is 0.527. The van der Waals surface area contributed by atoms with Gasteiger partial charge in [-0.15, -0.1) is 0 Å². The Morgan fingerprint density at radius 2 is 1.93 bits per heavy atom. The van der Waals surface area contributed by atoms with Gasteiger partial charge < -0.3 is 10.1 Å². The van der Waals surface area contributed by atoms with Crippen molar-refractivity contribution in [3.05, 3.63) is 55.1 Å². The van der Waals surface area contributed by atoms with Crippen LogP contribution in [-0.2, 0) is 11.8 Å². The van der Waals surface area contributed by atoms with Crippen molar-refractivity contribution in [1.82, 2.24) is 24.3 Å². The molecule has 0 fully saturated rings. The third-order valence-electron chi connectivity index (χ3n) is 4.20. The van der Waals surface area contributed by atoms with Gasteiger partial charge in [-0.05, 0) is 32.9 Å². The zero-order valence-corrected chi connectivity index (χ0v) is 17.2. The van der Waals surface area contributed by atoms with Gasteiger partial charge in [-0.3, -0.25) is 14.6 Å². The predicted molar refractivity (Wildman–Crippen MR) is 115 cm³/mol. The van der Waals surface area contributed by atoms with Crippen molar-refractivity contribution in [2.75, 3.05) is 10.6 Å². The highest BCUT2D eigenvalue weighted by Crippen LogP contribution is 2.29. The lowest BCUT2D eigenvalue weighted by atomic mass is 10.2. The first-order valence-electron chi connectivity index (χ1n) is 9.48. The van der Waals surface area contributed by atoms with E-state index in [0.717, 1.165) is 16.6 Å². The molecule has 1 aromatic carbocycles. The number of ether oxygens (including phenoxy) is 1. The molecule has 4 aromatic rings. The first-order chi connectivity index (χ1) is 14.3. The molecule has 2 N–H and O–H groups in total. The number of amides is 1. The fourth-order valence-corrected chi connectivity index (χ4v) is 3.04. The molecule has 4 rings (SSSR count). The van der Waals surface area contributed by atoms with Gasteiger partial charge in [0.15, 0.2) is 0 Å². The molecule has 3 aromatic heterocycles. The van der Waals surface area contributed by atoms with Gasteiger partial charge in [-0.1, -0.05) is 18.2 Å². The van der Waals surface area contributed by atoms with Gasteiger partial charge in [-0.25, -0.2) is 9.78 Å². The van der Waals surface area contributed by atoms with E-state index in [9.17, 15) is 4.79 Å². The number of hydrogen-bond donors (Lipinski definition) is 2. The average Bonchev–Trinajstić information content (AvgIpc) is 3.24. The van der Waals surface area contributed by atoms with Crippen LogP contribution in [-0.4, -0.2) is 36.0 Å². The summed E-state index contributed by atoms with van der Waals surface area (Å²) in [5, 5.41) is 11.0. The molecule has 0 aliphatic rings. The number of carbonyl (C=O) groups is 1. The molecule has 9 heteroatoms. The highest BCUT2D eigenvalue weighted by atomic mass is 16.6. The molecule has 154 valence electrons. The Bertz CT molecular complexity index is 1200. The van der Waals surface area contributed by atoms with Gasteiger partial charge in [0.25, 0.3) is 0 Å². The van der Waals surface area contributed by atoms with Crippen molar-refractivity contribution in [3.8, 4) is 5.82 Å². The fourth-order valence-electron chi connectivity index (χ4n) is 3.04. The number of aryl methyl sites for hydroxylation is 1. The van der Waals surface area contributed by atoms with E-state index < -0.39 is 11.7 Å².